The van der Waals surface area contributed by atoms with Gasteiger partial charge in [0, 0.05) is 13.1 Å². The Labute approximate surface area is 148 Å². The molecule has 0 aliphatic rings. The van der Waals surface area contributed by atoms with E-state index in [0.29, 0.717) is 24.7 Å². The van der Waals surface area contributed by atoms with Crippen LogP contribution in [-0.2, 0) is 11.3 Å². The van der Waals surface area contributed by atoms with Crippen LogP contribution in [0.1, 0.15) is 17.1 Å². The summed E-state index contributed by atoms with van der Waals surface area (Å²) in [5.74, 6) is 2.72. The topological polar surface area (TPSA) is 51.9 Å². The van der Waals surface area contributed by atoms with Gasteiger partial charge in [0.2, 0.25) is 5.91 Å². The van der Waals surface area contributed by atoms with Crippen molar-refractivity contribution in [1.29, 1.82) is 0 Å². The van der Waals surface area contributed by atoms with Crippen LogP contribution in [0.2, 0.25) is 0 Å². The fraction of sp³-hybridized carbons (Fsp3) is 0.250. The molecular weight excluding hydrogens is 318 g/mol. The molecule has 0 unspecified atom stereocenters. The first-order valence-electron chi connectivity index (χ1n) is 7.93. The summed E-state index contributed by atoms with van der Waals surface area (Å²) in [7, 11) is 3.31. The van der Waals surface area contributed by atoms with E-state index in [1.807, 2.05) is 37.3 Å². The molecule has 25 heavy (non-hydrogen) atoms. The highest BCUT2D eigenvalue weighted by atomic mass is 16.5. The molecule has 0 radical (unpaired) electrons. The number of methoxy groups -OCH3 is 1. The number of likely N-dealkylation sites (N-methyl/N-ethyl adjacent to an activating group) is 1. The molecule has 0 aliphatic heterocycles. The lowest BCUT2D eigenvalue weighted by atomic mass is 10.2. The molecule has 1 aromatic heterocycles. The van der Waals surface area contributed by atoms with E-state index in [-0.39, 0.29) is 5.91 Å². The van der Waals surface area contributed by atoms with Crippen molar-refractivity contribution in [1.82, 2.24) is 4.90 Å². The van der Waals surface area contributed by atoms with Crippen LogP contribution in [0.5, 0.6) is 11.5 Å². The zero-order valence-electron chi connectivity index (χ0n) is 14.8. The molecule has 0 N–H and O–H groups in total. The highest BCUT2D eigenvalue weighted by Gasteiger charge is 2.09. The monoisotopic (exact) mass is 341 g/mol. The summed E-state index contributed by atoms with van der Waals surface area (Å²) in [6, 6.07) is 9.24. The quantitative estimate of drug-likeness (QED) is 0.541. The van der Waals surface area contributed by atoms with E-state index in [2.05, 4.69) is 6.58 Å². The van der Waals surface area contributed by atoms with Gasteiger partial charge in [-0.25, -0.2) is 0 Å². The van der Waals surface area contributed by atoms with Gasteiger partial charge >= 0.3 is 0 Å². The SMILES string of the molecule is C=CCOc1ccc(C=CC(=O)N(C)Cc2ccc(C)o2)cc1OC. The van der Waals surface area contributed by atoms with Gasteiger partial charge in [-0.3, -0.25) is 4.79 Å². The van der Waals surface area contributed by atoms with Crippen molar-refractivity contribution in [3.05, 3.63) is 66.1 Å². The van der Waals surface area contributed by atoms with Gasteiger partial charge in [0.25, 0.3) is 0 Å². The first-order chi connectivity index (χ1) is 12.0. The number of hydrogen-bond donors (Lipinski definition) is 0. The Kier molecular flexibility index (Phi) is 6.46. The number of ether oxygens (including phenoxy) is 2. The lowest BCUT2D eigenvalue weighted by molar-refractivity contribution is -0.125. The fourth-order valence-corrected chi connectivity index (χ4v) is 2.23. The maximum atomic E-state index is 12.2. The molecule has 0 saturated heterocycles. The zero-order valence-corrected chi connectivity index (χ0v) is 14.8. The van der Waals surface area contributed by atoms with Gasteiger partial charge in [0.1, 0.15) is 18.1 Å². The second-order valence-corrected chi connectivity index (χ2v) is 5.55. The van der Waals surface area contributed by atoms with Crippen molar-refractivity contribution in [2.75, 3.05) is 20.8 Å². The summed E-state index contributed by atoms with van der Waals surface area (Å²) in [6.07, 6.45) is 4.93. The molecule has 5 heteroatoms. The maximum absolute atomic E-state index is 12.2. The molecule has 5 nitrogen and oxygen atoms in total. The van der Waals surface area contributed by atoms with Crippen LogP contribution in [0.4, 0.5) is 0 Å². The summed E-state index contributed by atoms with van der Waals surface area (Å²) < 4.78 is 16.3. The highest BCUT2D eigenvalue weighted by molar-refractivity contribution is 5.91. The Morgan fingerprint density at radius 1 is 1.28 bits per heavy atom. The number of carbonyl (C=O) groups excluding carboxylic acids is 1. The molecule has 0 aliphatic carbocycles. The van der Waals surface area contributed by atoms with E-state index in [4.69, 9.17) is 13.9 Å². The minimum atomic E-state index is -0.111. The van der Waals surface area contributed by atoms with Crippen LogP contribution in [0.25, 0.3) is 6.08 Å². The predicted octanol–water partition coefficient (Wildman–Crippen LogP) is 3.83. The van der Waals surface area contributed by atoms with E-state index < -0.39 is 0 Å². The van der Waals surface area contributed by atoms with E-state index in [0.717, 1.165) is 17.1 Å². The summed E-state index contributed by atoms with van der Waals surface area (Å²) in [4.78, 5) is 13.8. The summed E-state index contributed by atoms with van der Waals surface area (Å²) in [5, 5.41) is 0. The van der Waals surface area contributed by atoms with Crippen molar-refractivity contribution in [3.63, 3.8) is 0 Å². The van der Waals surface area contributed by atoms with Gasteiger partial charge in [-0.15, -0.1) is 0 Å². The third-order valence-electron chi connectivity index (χ3n) is 3.53. The molecule has 0 spiro atoms. The predicted molar refractivity (Wildman–Crippen MR) is 97.6 cm³/mol. The van der Waals surface area contributed by atoms with Crippen LogP contribution in [0, 0.1) is 6.92 Å². The largest absolute Gasteiger partial charge is 0.493 e. The van der Waals surface area contributed by atoms with E-state index in [1.54, 1.807) is 31.2 Å². The van der Waals surface area contributed by atoms with Crippen LogP contribution < -0.4 is 9.47 Å². The Morgan fingerprint density at radius 3 is 2.72 bits per heavy atom. The molecule has 1 heterocycles. The molecule has 1 aromatic carbocycles. The normalized spacial score (nSPS) is 10.7. The molecule has 132 valence electrons. The minimum absolute atomic E-state index is 0.111. The van der Waals surface area contributed by atoms with Gasteiger partial charge in [-0.1, -0.05) is 18.7 Å². The van der Waals surface area contributed by atoms with Crippen molar-refractivity contribution in [3.8, 4) is 11.5 Å². The Hall–Kier alpha value is -2.95. The number of carbonyl (C=O) groups is 1. The third-order valence-corrected chi connectivity index (χ3v) is 3.53. The average Bonchev–Trinajstić information content (AvgIpc) is 3.02. The van der Waals surface area contributed by atoms with Crippen LogP contribution in [0.15, 0.2) is 53.5 Å². The lowest BCUT2D eigenvalue weighted by Gasteiger charge is -2.13. The molecular formula is C20H23NO4. The molecule has 1 amide bonds. The lowest BCUT2D eigenvalue weighted by Crippen LogP contribution is -2.23. The Morgan fingerprint density at radius 2 is 2.08 bits per heavy atom. The van der Waals surface area contributed by atoms with E-state index >= 15 is 0 Å². The van der Waals surface area contributed by atoms with E-state index in [9.17, 15) is 4.79 Å². The van der Waals surface area contributed by atoms with Crippen LogP contribution in [0.3, 0.4) is 0 Å². The molecule has 0 saturated carbocycles. The van der Waals surface area contributed by atoms with Crippen molar-refractivity contribution in [2.45, 2.75) is 13.5 Å². The Balaban J connectivity index is 2.02. The molecule has 0 atom stereocenters. The number of hydrogen-bond acceptors (Lipinski definition) is 4. The summed E-state index contributed by atoms with van der Waals surface area (Å²) in [6.45, 7) is 6.32. The number of benzene rings is 1. The number of aryl methyl sites for hydroxylation is 1. The number of amides is 1. The Bertz CT molecular complexity index is 761. The summed E-state index contributed by atoms with van der Waals surface area (Å²) >= 11 is 0. The van der Waals surface area contributed by atoms with Crippen molar-refractivity contribution in [2.24, 2.45) is 0 Å². The van der Waals surface area contributed by atoms with Crippen molar-refractivity contribution < 1.29 is 18.7 Å². The smallest absolute Gasteiger partial charge is 0.246 e. The maximum Gasteiger partial charge on any atom is 0.246 e. The van der Waals surface area contributed by atoms with Gasteiger partial charge in [-0.2, -0.15) is 0 Å². The summed E-state index contributed by atoms with van der Waals surface area (Å²) in [5.41, 5.74) is 0.846. The minimum Gasteiger partial charge on any atom is -0.493 e. The van der Waals surface area contributed by atoms with Gasteiger partial charge < -0.3 is 18.8 Å². The second kappa shape index (κ2) is 8.78. The second-order valence-electron chi connectivity index (χ2n) is 5.55. The first kappa shape index (κ1) is 18.4. The van der Waals surface area contributed by atoms with Crippen LogP contribution >= 0.6 is 0 Å². The number of rotatable bonds is 8. The standard InChI is InChI=1S/C20H23NO4/c1-5-12-24-18-10-7-16(13-19(18)23-4)8-11-20(22)21(3)14-17-9-6-15(2)25-17/h5-11,13H,1,12,14H2,2-4H3. The van der Waals surface area contributed by atoms with Gasteiger partial charge in [0.05, 0.1) is 13.7 Å². The first-order valence-corrected chi connectivity index (χ1v) is 7.93. The molecule has 2 rings (SSSR count). The number of furan rings is 1. The fourth-order valence-electron chi connectivity index (χ4n) is 2.23. The molecule has 0 fully saturated rings. The zero-order chi connectivity index (χ0) is 18.2. The van der Waals surface area contributed by atoms with E-state index in [1.165, 1.54) is 6.08 Å². The van der Waals surface area contributed by atoms with Gasteiger partial charge in [0.15, 0.2) is 11.5 Å². The molecule has 0 bridgehead atoms. The third kappa shape index (κ3) is 5.28. The average molecular weight is 341 g/mol. The van der Waals surface area contributed by atoms with Crippen molar-refractivity contribution >= 4 is 12.0 Å². The molecule has 2 aromatic rings. The van der Waals surface area contributed by atoms with Gasteiger partial charge in [-0.05, 0) is 42.8 Å². The highest BCUT2D eigenvalue weighted by Crippen LogP contribution is 2.28. The van der Waals surface area contributed by atoms with Crippen LogP contribution in [-0.4, -0.2) is 31.6 Å². The number of nitrogens with zero attached hydrogens (tertiary/aromatic N) is 1.